The Labute approximate surface area is 139 Å². The van der Waals surface area contributed by atoms with Gasteiger partial charge in [-0.2, -0.15) is 0 Å². The Kier molecular flexibility index (Phi) is 3.58. The van der Waals surface area contributed by atoms with Gasteiger partial charge in [-0.05, 0) is 56.3 Å². The van der Waals surface area contributed by atoms with Crippen molar-refractivity contribution in [1.29, 1.82) is 0 Å². The Morgan fingerprint density at radius 3 is 1.70 bits per heavy atom. The third-order valence-corrected chi connectivity index (χ3v) is 6.71. The van der Waals surface area contributed by atoms with Crippen LogP contribution in [-0.4, -0.2) is 66.9 Å². The highest BCUT2D eigenvalue weighted by molar-refractivity contribution is 5.84. The lowest BCUT2D eigenvalue weighted by atomic mass is 9.49. The molecule has 5 fully saturated rings. The molecule has 0 aromatic carbocycles. The van der Waals surface area contributed by atoms with Crippen molar-refractivity contribution >= 4 is 11.9 Å². The fourth-order valence-electron chi connectivity index (χ4n) is 6.09. The van der Waals surface area contributed by atoms with Gasteiger partial charge in [0.15, 0.2) is 0 Å². The summed E-state index contributed by atoms with van der Waals surface area (Å²) in [5, 5.41) is 0. The van der Waals surface area contributed by atoms with E-state index in [9.17, 15) is 9.59 Å². The quantitative estimate of drug-likeness (QED) is 0.742. The van der Waals surface area contributed by atoms with Crippen molar-refractivity contribution in [2.75, 3.05) is 40.3 Å². The Bertz CT molecular complexity index is 473. The average Bonchev–Trinajstić information content (AvgIpc) is 2.52. The first-order valence-corrected chi connectivity index (χ1v) is 9.22. The zero-order chi connectivity index (χ0) is 16.2. The topological polar surface area (TPSA) is 43.9 Å². The number of hydrogen-bond acceptors (Lipinski definition) is 2. The summed E-state index contributed by atoms with van der Waals surface area (Å²) in [4.78, 5) is 30.9. The van der Waals surface area contributed by atoms with Crippen LogP contribution in [0.15, 0.2) is 0 Å². The number of carbonyl (C=O) groups excluding carboxylic acids is 2. The van der Waals surface area contributed by atoms with E-state index < -0.39 is 0 Å². The molecule has 4 saturated carbocycles. The zero-order valence-corrected chi connectivity index (χ0v) is 14.5. The second-order valence-electron chi connectivity index (χ2n) is 8.65. The standard InChI is InChI=1S/C18H29N3O2/c1-19(2)17(23)21-5-3-20(4-6-21)16(22)18-10-13-7-14(11-18)9-15(8-13)12-18/h13-15H,3-12H2,1-2H3. The minimum atomic E-state index is -0.0392. The van der Waals surface area contributed by atoms with E-state index in [1.54, 1.807) is 19.0 Å². The maximum absolute atomic E-state index is 13.3. The van der Waals surface area contributed by atoms with E-state index in [1.807, 2.05) is 4.90 Å². The molecule has 1 heterocycles. The molecule has 1 aliphatic heterocycles. The van der Waals surface area contributed by atoms with Crippen molar-refractivity contribution in [2.45, 2.75) is 38.5 Å². The lowest BCUT2D eigenvalue weighted by Gasteiger charge is -2.57. The summed E-state index contributed by atoms with van der Waals surface area (Å²) in [6, 6.07) is 0.0619. The van der Waals surface area contributed by atoms with Crippen molar-refractivity contribution in [1.82, 2.24) is 14.7 Å². The first-order valence-electron chi connectivity index (χ1n) is 9.22. The molecule has 3 amide bonds. The monoisotopic (exact) mass is 319 g/mol. The number of piperazine rings is 1. The van der Waals surface area contributed by atoms with E-state index in [1.165, 1.54) is 19.3 Å². The molecule has 0 spiro atoms. The first kappa shape index (κ1) is 15.3. The second-order valence-corrected chi connectivity index (χ2v) is 8.65. The molecule has 5 rings (SSSR count). The van der Waals surface area contributed by atoms with Crippen molar-refractivity contribution in [3.05, 3.63) is 0 Å². The smallest absolute Gasteiger partial charge is 0.319 e. The Morgan fingerprint density at radius 1 is 0.826 bits per heavy atom. The molecule has 5 aliphatic rings. The molecule has 0 aromatic heterocycles. The van der Waals surface area contributed by atoms with Crippen LogP contribution in [0.1, 0.15) is 38.5 Å². The lowest BCUT2D eigenvalue weighted by molar-refractivity contribution is -0.159. The van der Waals surface area contributed by atoms with E-state index in [0.717, 1.165) is 37.0 Å². The summed E-state index contributed by atoms with van der Waals surface area (Å²) < 4.78 is 0. The summed E-state index contributed by atoms with van der Waals surface area (Å²) >= 11 is 0. The van der Waals surface area contributed by atoms with Crippen molar-refractivity contribution in [2.24, 2.45) is 23.2 Å². The lowest BCUT2D eigenvalue weighted by Crippen LogP contribution is -2.59. The molecule has 4 aliphatic carbocycles. The Balaban J connectivity index is 1.42. The molecule has 0 unspecified atom stereocenters. The third-order valence-electron chi connectivity index (χ3n) is 6.71. The molecule has 0 aromatic rings. The number of rotatable bonds is 1. The fraction of sp³-hybridized carbons (Fsp3) is 0.889. The van der Waals surface area contributed by atoms with Gasteiger partial charge in [-0.15, -0.1) is 0 Å². The molecule has 1 saturated heterocycles. The molecule has 0 radical (unpaired) electrons. The van der Waals surface area contributed by atoms with Crippen LogP contribution in [-0.2, 0) is 4.79 Å². The highest BCUT2D eigenvalue weighted by atomic mass is 16.2. The van der Waals surface area contributed by atoms with Gasteiger partial charge in [0.25, 0.3) is 0 Å². The fourth-order valence-corrected chi connectivity index (χ4v) is 6.09. The normalized spacial score (nSPS) is 38.8. The first-order chi connectivity index (χ1) is 11.0. The van der Waals surface area contributed by atoms with Crippen LogP contribution in [0.25, 0.3) is 0 Å². The van der Waals surface area contributed by atoms with E-state index in [4.69, 9.17) is 0 Å². The summed E-state index contributed by atoms with van der Waals surface area (Å²) in [6.07, 6.45) is 7.52. The molecule has 5 nitrogen and oxygen atoms in total. The van der Waals surface area contributed by atoms with Gasteiger partial charge in [0.2, 0.25) is 5.91 Å². The molecule has 4 bridgehead atoms. The minimum Gasteiger partial charge on any atom is -0.339 e. The van der Waals surface area contributed by atoms with Crippen molar-refractivity contribution in [3.8, 4) is 0 Å². The Morgan fingerprint density at radius 2 is 1.26 bits per heavy atom. The Hall–Kier alpha value is -1.26. The average molecular weight is 319 g/mol. The van der Waals surface area contributed by atoms with Crippen LogP contribution in [0, 0.1) is 23.2 Å². The van der Waals surface area contributed by atoms with Crippen LogP contribution < -0.4 is 0 Å². The predicted octanol–water partition coefficient (Wildman–Crippen LogP) is 2.03. The molecular weight excluding hydrogens is 290 g/mol. The van der Waals surface area contributed by atoms with Crippen molar-refractivity contribution in [3.63, 3.8) is 0 Å². The van der Waals surface area contributed by atoms with Crippen LogP contribution in [0.4, 0.5) is 4.79 Å². The van der Waals surface area contributed by atoms with Gasteiger partial charge in [0.1, 0.15) is 0 Å². The predicted molar refractivity (Wildman–Crippen MR) is 87.8 cm³/mol. The molecule has 0 N–H and O–H groups in total. The number of amides is 3. The molecule has 5 heteroatoms. The zero-order valence-electron chi connectivity index (χ0n) is 14.5. The molecule has 0 atom stereocenters. The van der Waals surface area contributed by atoms with E-state index in [2.05, 4.69) is 4.90 Å². The van der Waals surface area contributed by atoms with Gasteiger partial charge in [0, 0.05) is 40.3 Å². The number of hydrogen-bond donors (Lipinski definition) is 0. The highest BCUT2D eigenvalue weighted by Gasteiger charge is 2.55. The SMILES string of the molecule is CN(C)C(=O)N1CCN(C(=O)C23CC4CC(CC(C4)C2)C3)CC1. The third kappa shape index (κ3) is 2.52. The molecular formula is C18H29N3O2. The van der Waals surface area contributed by atoms with Gasteiger partial charge in [-0.3, -0.25) is 4.79 Å². The van der Waals surface area contributed by atoms with Gasteiger partial charge < -0.3 is 14.7 Å². The van der Waals surface area contributed by atoms with Gasteiger partial charge >= 0.3 is 6.03 Å². The number of nitrogens with zero attached hydrogens (tertiary/aromatic N) is 3. The summed E-state index contributed by atoms with van der Waals surface area (Å²) in [7, 11) is 3.57. The minimum absolute atomic E-state index is 0.0392. The summed E-state index contributed by atoms with van der Waals surface area (Å²) in [5.41, 5.74) is -0.0392. The maximum atomic E-state index is 13.3. The van der Waals surface area contributed by atoms with Crippen LogP contribution in [0.3, 0.4) is 0 Å². The van der Waals surface area contributed by atoms with E-state index >= 15 is 0 Å². The number of carbonyl (C=O) groups is 2. The second kappa shape index (κ2) is 5.38. The van der Waals surface area contributed by atoms with Gasteiger partial charge in [-0.25, -0.2) is 4.79 Å². The largest absolute Gasteiger partial charge is 0.339 e. The molecule has 128 valence electrons. The summed E-state index contributed by atoms with van der Waals surface area (Å²) in [6.45, 7) is 2.77. The highest BCUT2D eigenvalue weighted by Crippen LogP contribution is 2.60. The van der Waals surface area contributed by atoms with Crippen molar-refractivity contribution < 1.29 is 9.59 Å². The molecule has 23 heavy (non-hydrogen) atoms. The van der Waals surface area contributed by atoms with Gasteiger partial charge in [0.05, 0.1) is 5.41 Å². The van der Waals surface area contributed by atoms with Crippen LogP contribution >= 0.6 is 0 Å². The van der Waals surface area contributed by atoms with Gasteiger partial charge in [-0.1, -0.05) is 0 Å². The summed E-state index contributed by atoms with van der Waals surface area (Å²) in [5.74, 6) is 2.83. The van der Waals surface area contributed by atoms with Crippen LogP contribution in [0.2, 0.25) is 0 Å². The van der Waals surface area contributed by atoms with E-state index in [0.29, 0.717) is 32.1 Å². The maximum Gasteiger partial charge on any atom is 0.319 e. The van der Waals surface area contributed by atoms with Crippen LogP contribution in [0.5, 0.6) is 0 Å². The van der Waals surface area contributed by atoms with E-state index in [-0.39, 0.29) is 11.4 Å². The number of urea groups is 1.